The highest BCUT2D eigenvalue weighted by atomic mass is 35.5. The fourth-order valence-electron chi connectivity index (χ4n) is 18.6. The number of hydrogen-bond donors (Lipinski definition) is 10. The van der Waals surface area contributed by atoms with Crippen LogP contribution in [0.3, 0.4) is 0 Å². The number of rotatable bonds is 21. The van der Waals surface area contributed by atoms with Crippen molar-refractivity contribution in [3.63, 3.8) is 0 Å². The first-order valence-electron chi connectivity index (χ1n) is 45.9. The molecule has 2 saturated carbocycles. The van der Waals surface area contributed by atoms with E-state index >= 15 is 0 Å². The number of nitrogens with one attached hydrogen (secondary N) is 10. The first kappa shape index (κ1) is 89.6. The topological polar surface area (TPSA) is 371 Å². The summed E-state index contributed by atoms with van der Waals surface area (Å²) in [5, 5.41) is 82.6. The standard InChI is InChI=1S/C22H25N7.C20H19ClN6.C20H26N6.C18H17ClN6.C18H24N6.CH4/c1-28(2)17-8-5-15(6-9-17)21-18-13-16(7-10-19(18)24-26-21)22-23-20(25-27-22)14-29-11-3-4-12-29;21-16-6-2-1-5-14(16)19-15-11-13(7-8-17(15)23-25-19)20-22-18(24-26-20)12-27-9-3-4-10-27;1-2-6-14(7-3-1)19-16-12-15(8-9-17(16)22-24-19)20-21-18(23-25-20)13-26-10-4-5-11-26;1-25(2)10-16-20-18(24-22-16)11-7-8-15-13(9-11)17(23-21-15)12-5-3-4-6-14(12)19;1-24(2)11-16-19-18(23-21-16)13-8-9-15-14(10-13)17(22-20-15)12-6-4-3-5-7-12;/h5-10,13H,3-4,11-12,14H2,1-2H3,(H,24,26)(H,23,25,27);1-2,5-8,11H,3-4,9-10,12H2,(H,23,25)(H,22,24,26);8-9,12,14H,1-7,10-11,13H2,(H,22,24)(H,21,23,25);3-9H,10H2,1-2H3,(H,21,23)(H,20,22,24);8-10,12H,3-7,11H2,1-2H3,(H,20,22)(H,19,21,23);1H4. The molecule has 33 heteroatoms. The fourth-order valence-corrected chi connectivity index (χ4v) is 19.0. The van der Waals surface area contributed by atoms with Gasteiger partial charge in [0.15, 0.2) is 29.1 Å². The van der Waals surface area contributed by atoms with Crippen LogP contribution in [-0.2, 0) is 32.7 Å². The summed E-state index contributed by atoms with van der Waals surface area (Å²) in [7, 11) is 12.1. The second-order valence-corrected chi connectivity index (χ2v) is 36.6. The first-order chi connectivity index (χ1) is 64.1. The highest BCUT2D eigenvalue weighted by molar-refractivity contribution is 6.34. The van der Waals surface area contributed by atoms with Crippen LogP contribution in [-0.4, -0.2) is 233 Å². The number of nitrogens with zero attached hydrogens (tertiary/aromatic N) is 21. The molecular formula is C99H115Cl2N31. The summed E-state index contributed by atoms with van der Waals surface area (Å²) in [6.45, 7) is 10.9. The average molecular weight is 1810 g/mol. The molecule has 0 spiro atoms. The Morgan fingerprint density at radius 2 is 0.614 bits per heavy atom. The van der Waals surface area contributed by atoms with Crippen LogP contribution >= 0.6 is 23.2 Å². The van der Waals surface area contributed by atoms with Gasteiger partial charge in [-0.05, 0) is 247 Å². The molecule has 31 nitrogen and oxygen atoms in total. The van der Waals surface area contributed by atoms with Crippen molar-refractivity contribution in [2.24, 2.45) is 0 Å². The number of anilines is 1. The number of aromatic nitrogens is 25. The maximum Gasteiger partial charge on any atom is 0.181 e. The highest BCUT2D eigenvalue weighted by Crippen LogP contribution is 2.41. The van der Waals surface area contributed by atoms with Gasteiger partial charge in [0, 0.05) is 114 Å². The third-order valence-electron chi connectivity index (χ3n) is 25.4. The first-order valence-corrected chi connectivity index (χ1v) is 46.6. The normalized spacial score (nSPS) is 15.3. The van der Waals surface area contributed by atoms with E-state index < -0.39 is 0 Å². The SMILES string of the molecule is C.CN(C)Cc1nc(-c2ccc3[nH]nc(-c4ccccc4Cl)c3c2)n[nH]1.CN(C)Cc1nc(-c2ccc3n[nH]c(C4CCCCC4)c3c2)n[nH]1.CN(C)c1ccc(-c2n[nH]c3ccc(-c4n[nH]c(CN5CCCC5)n4)cc23)cc1.Clc1ccccc1-c1n[nH]c2ccc(-c3n[nH]c(CN4CCCC4)n3)cc12.c1cc2n[nH]c(C3CCCCC3)c2cc1-c1n[nH]c(CN2CCCC2)n1. The quantitative estimate of drug-likeness (QED) is 0.0319. The molecule has 0 bridgehead atoms. The Morgan fingerprint density at radius 1 is 0.303 bits per heavy atom. The fraction of sp³-hybridized carbons (Fsp3) is 0.364. The van der Waals surface area contributed by atoms with E-state index in [4.69, 9.17) is 38.2 Å². The summed E-state index contributed by atoms with van der Waals surface area (Å²) >= 11 is 12.7. The van der Waals surface area contributed by atoms with Gasteiger partial charge in [-0.1, -0.05) is 118 Å². The number of hydrogen-bond acceptors (Lipinski definition) is 21. The second kappa shape index (κ2) is 41.2. The minimum absolute atomic E-state index is 0. The Balaban J connectivity index is 0.000000111. The van der Waals surface area contributed by atoms with Gasteiger partial charge in [0.25, 0.3) is 0 Å². The second-order valence-electron chi connectivity index (χ2n) is 35.8. The van der Waals surface area contributed by atoms with E-state index in [0.29, 0.717) is 40.1 Å². The van der Waals surface area contributed by atoms with Gasteiger partial charge in [-0.2, -0.15) is 51.0 Å². The van der Waals surface area contributed by atoms with Crippen LogP contribution in [0.1, 0.15) is 163 Å². The van der Waals surface area contributed by atoms with E-state index in [1.807, 2.05) is 138 Å². The third-order valence-corrected chi connectivity index (χ3v) is 26.1. The zero-order chi connectivity index (χ0) is 89.3. The van der Waals surface area contributed by atoms with Gasteiger partial charge in [0.1, 0.15) is 40.5 Å². The lowest BCUT2D eigenvalue weighted by Crippen LogP contribution is -2.19. The number of likely N-dealkylation sites (tertiary alicyclic amines) is 3. The van der Waals surface area contributed by atoms with Crippen molar-refractivity contribution in [1.29, 1.82) is 0 Å². The van der Waals surface area contributed by atoms with Crippen LogP contribution < -0.4 is 4.90 Å². The summed E-state index contributed by atoms with van der Waals surface area (Å²) in [6.07, 6.45) is 20.7. The van der Waals surface area contributed by atoms with Crippen molar-refractivity contribution >= 4 is 83.4 Å². The molecule has 5 fully saturated rings. The lowest BCUT2D eigenvalue weighted by atomic mass is 9.85. The Morgan fingerprint density at radius 3 is 0.962 bits per heavy atom. The molecule has 0 amide bonds. The molecule has 3 aliphatic heterocycles. The molecule has 23 rings (SSSR count). The van der Waals surface area contributed by atoms with E-state index in [2.05, 4.69) is 209 Å². The lowest BCUT2D eigenvalue weighted by Gasteiger charge is -2.20. The van der Waals surface area contributed by atoms with Gasteiger partial charge in [-0.15, -0.1) is 0 Å². The zero-order valence-corrected chi connectivity index (χ0v) is 76.5. The molecule has 18 aromatic rings. The predicted molar refractivity (Wildman–Crippen MR) is 525 cm³/mol. The Hall–Kier alpha value is -13.0. The Labute approximate surface area is 776 Å². The minimum Gasteiger partial charge on any atom is -0.378 e. The largest absolute Gasteiger partial charge is 0.378 e. The monoisotopic (exact) mass is 1810 g/mol. The van der Waals surface area contributed by atoms with Crippen molar-refractivity contribution in [1.82, 2.24) is 151 Å². The molecule has 0 atom stereocenters. The van der Waals surface area contributed by atoms with Gasteiger partial charge < -0.3 is 14.7 Å². The molecule has 0 unspecified atom stereocenters. The molecule has 8 aromatic carbocycles. The summed E-state index contributed by atoms with van der Waals surface area (Å²) in [5.41, 5.74) is 19.2. The Bertz CT molecular complexity index is 6840. The van der Waals surface area contributed by atoms with Crippen LogP contribution in [0.2, 0.25) is 10.0 Å². The number of aromatic amines is 10. The van der Waals surface area contributed by atoms with Crippen LogP contribution in [0.4, 0.5) is 5.69 Å². The van der Waals surface area contributed by atoms with Crippen LogP contribution in [0.25, 0.3) is 145 Å². The summed E-state index contributed by atoms with van der Waals surface area (Å²) in [5.74, 6) is 9.38. The maximum atomic E-state index is 6.37. The molecule has 10 N–H and O–H groups in total. The number of fused-ring (bicyclic) bond motifs is 5. The number of halogens is 2. The molecule has 10 aromatic heterocycles. The van der Waals surface area contributed by atoms with Gasteiger partial charge >= 0.3 is 0 Å². The van der Waals surface area contributed by atoms with E-state index in [1.165, 1.54) is 144 Å². The molecule has 2 aliphatic carbocycles. The molecular weight excluding hydrogens is 1690 g/mol. The summed E-state index contributed by atoms with van der Waals surface area (Å²) in [4.78, 5) is 36.8. The molecule has 3 saturated heterocycles. The van der Waals surface area contributed by atoms with E-state index in [0.717, 1.165) is 204 Å². The summed E-state index contributed by atoms with van der Waals surface area (Å²) < 4.78 is 0. The van der Waals surface area contributed by atoms with E-state index in [-0.39, 0.29) is 7.43 Å². The van der Waals surface area contributed by atoms with Crippen LogP contribution in [0, 0.1) is 0 Å². The third kappa shape index (κ3) is 20.8. The van der Waals surface area contributed by atoms with Crippen molar-refractivity contribution in [3.05, 3.63) is 214 Å². The zero-order valence-electron chi connectivity index (χ0n) is 75.0. The highest BCUT2D eigenvalue weighted by Gasteiger charge is 2.26. The van der Waals surface area contributed by atoms with Crippen LogP contribution in [0.15, 0.2) is 164 Å². The average Bonchev–Trinajstić information content (AvgIpc) is 1.65. The maximum absolute atomic E-state index is 6.37. The molecule has 680 valence electrons. The van der Waals surface area contributed by atoms with E-state index in [1.54, 1.807) is 0 Å². The van der Waals surface area contributed by atoms with Gasteiger partial charge in [0.2, 0.25) is 0 Å². The van der Waals surface area contributed by atoms with Crippen LogP contribution in [0.5, 0.6) is 0 Å². The van der Waals surface area contributed by atoms with Gasteiger partial charge in [-0.3, -0.25) is 65.7 Å². The number of benzene rings is 8. The molecule has 5 aliphatic rings. The van der Waals surface area contributed by atoms with Gasteiger partial charge in [0.05, 0.1) is 76.0 Å². The van der Waals surface area contributed by atoms with Crippen molar-refractivity contribution in [2.75, 3.05) is 86.5 Å². The minimum atomic E-state index is 0. The molecule has 0 radical (unpaired) electrons. The van der Waals surface area contributed by atoms with Crippen molar-refractivity contribution in [3.8, 4) is 90.7 Å². The number of H-pyrrole nitrogens is 10. The molecule has 13 heterocycles. The lowest BCUT2D eigenvalue weighted by molar-refractivity contribution is 0.323. The molecule has 132 heavy (non-hydrogen) atoms. The van der Waals surface area contributed by atoms with Crippen molar-refractivity contribution in [2.45, 2.75) is 155 Å². The Kier molecular flexibility index (Phi) is 28.0. The summed E-state index contributed by atoms with van der Waals surface area (Å²) in [6, 6.07) is 54.9. The van der Waals surface area contributed by atoms with Crippen molar-refractivity contribution < 1.29 is 0 Å². The van der Waals surface area contributed by atoms with E-state index in [9.17, 15) is 0 Å². The smallest absolute Gasteiger partial charge is 0.181 e. The predicted octanol–water partition coefficient (Wildman–Crippen LogP) is 19.8. The van der Waals surface area contributed by atoms with Gasteiger partial charge in [-0.25, -0.2) is 24.9 Å².